The first-order chi connectivity index (χ1) is 11.7. The fraction of sp³-hybridized carbons (Fsp3) is 0.455. The van der Waals surface area contributed by atoms with Crippen LogP contribution in [0.25, 0.3) is 11.1 Å². The molecule has 0 radical (unpaired) electrons. The summed E-state index contributed by atoms with van der Waals surface area (Å²) in [4.78, 5) is 5.00. The maximum Gasteiger partial charge on any atom is 0.0320 e. The summed E-state index contributed by atoms with van der Waals surface area (Å²) in [7, 11) is 2.21. The van der Waals surface area contributed by atoms with Gasteiger partial charge in [0, 0.05) is 32.2 Å². The molecule has 1 fully saturated rings. The van der Waals surface area contributed by atoms with Gasteiger partial charge in [0.25, 0.3) is 0 Å². The molecule has 0 bridgehead atoms. The Bertz CT molecular complexity index is 622. The van der Waals surface area contributed by atoms with Crippen molar-refractivity contribution in [2.24, 2.45) is 0 Å². The standard InChI is InChI=1S/C22H30N2/c1-4-5-19-6-8-21(9-7-19)22-12-10-20(11-13-22)18(2)24-16-14-23(3)15-17-24/h6-13,18H,4-5,14-17H2,1-3H3. The maximum atomic E-state index is 2.59. The van der Waals surface area contributed by atoms with Gasteiger partial charge < -0.3 is 4.90 Å². The van der Waals surface area contributed by atoms with Crippen molar-refractivity contribution in [3.8, 4) is 11.1 Å². The second-order valence-corrected chi connectivity index (χ2v) is 7.08. The Morgan fingerprint density at radius 2 is 1.38 bits per heavy atom. The van der Waals surface area contributed by atoms with Gasteiger partial charge in [0.05, 0.1) is 0 Å². The third kappa shape index (κ3) is 4.06. The van der Waals surface area contributed by atoms with Crippen LogP contribution in [0.1, 0.15) is 37.4 Å². The van der Waals surface area contributed by atoms with Gasteiger partial charge in [0.1, 0.15) is 0 Å². The van der Waals surface area contributed by atoms with Crippen LogP contribution in [0, 0.1) is 0 Å². The summed E-state index contributed by atoms with van der Waals surface area (Å²) in [6, 6.07) is 18.7. The molecule has 0 aliphatic carbocycles. The normalized spacial score (nSPS) is 17.8. The topological polar surface area (TPSA) is 6.48 Å². The highest BCUT2D eigenvalue weighted by Gasteiger charge is 2.20. The van der Waals surface area contributed by atoms with Crippen LogP contribution in [0.5, 0.6) is 0 Å². The van der Waals surface area contributed by atoms with Gasteiger partial charge in [-0.2, -0.15) is 0 Å². The molecule has 1 heterocycles. The van der Waals surface area contributed by atoms with E-state index in [0.717, 1.165) is 13.1 Å². The molecule has 2 aromatic carbocycles. The summed E-state index contributed by atoms with van der Waals surface area (Å²) < 4.78 is 0. The SMILES string of the molecule is CCCc1ccc(-c2ccc(C(C)N3CCN(C)CC3)cc2)cc1. The Balaban J connectivity index is 1.68. The molecule has 24 heavy (non-hydrogen) atoms. The predicted molar refractivity (Wildman–Crippen MR) is 103 cm³/mol. The predicted octanol–water partition coefficient (Wildman–Crippen LogP) is 4.61. The molecule has 0 aromatic heterocycles. The number of hydrogen-bond donors (Lipinski definition) is 0. The first-order valence-electron chi connectivity index (χ1n) is 9.29. The van der Waals surface area contributed by atoms with Crippen LogP contribution >= 0.6 is 0 Å². The quantitative estimate of drug-likeness (QED) is 0.793. The van der Waals surface area contributed by atoms with Crippen LogP contribution in [0.3, 0.4) is 0 Å². The lowest BCUT2D eigenvalue weighted by Crippen LogP contribution is -2.45. The van der Waals surface area contributed by atoms with Gasteiger partial charge in [0.15, 0.2) is 0 Å². The van der Waals surface area contributed by atoms with Gasteiger partial charge in [-0.3, -0.25) is 4.90 Å². The zero-order valence-electron chi connectivity index (χ0n) is 15.3. The van der Waals surface area contributed by atoms with Crippen molar-refractivity contribution in [2.75, 3.05) is 33.2 Å². The second-order valence-electron chi connectivity index (χ2n) is 7.08. The molecular weight excluding hydrogens is 292 g/mol. The van der Waals surface area contributed by atoms with Crippen molar-refractivity contribution in [3.05, 3.63) is 59.7 Å². The summed E-state index contributed by atoms with van der Waals surface area (Å²) in [6.07, 6.45) is 2.37. The summed E-state index contributed by atoms with van der Waals surface area (Å²) in [5, 5.41) is 0. The van der Waals surface area contributed by atoms with E-state index in [1.54, 1.807) is 0 Å². The molecule has 0 amide bonds. The molecule has 128 valence electrons. The number of hydrogen-bond acceptors (Lipinski definition) is 2. The molecule has 2 nitrogen and oxygen atoms in total. The molecule has 0 spiro atoms. The molecule has 1 atom stereocenters. The number of rotatable bonds is 5. The number of likely N-dealkylation sites (N-methyl/N-ethyl adjacent to an activating group) is 1. The first kappa shape index (κ1) is 17.2. The van der Waals surface area contributed by atoms with Crippen molar-refractivity contribution in [1.29, 1.82) is 0 Å². The van der Waals surface area contributed by atoms with E-state index in [4.69, 9.17) is 0 Å². The van der Waals surface area contributed by atoms with Gasteiger partial charge in [-0.05, 0) is 42.6 Å². The largest absolute Gasteiger partial charge is 0.304 e. The molecular formula is C22H30N2. The van der Waals surface area contributed by atoms with E-state index in [1.165, 1.54) is 48.2 Å². The van der Waals surface area contributed by atoms with Crippen LogP contribution in [0.2, 0.25) is 0 Å². The van der Waals surface area contributed by atoms with E-state index in [1.807, 2.05) is 0 Å². The zero-order valence-corrected chi connectivity index (χ0v) is 15.3. The lowest BCUT2D eigenvalue weighted by Gasteiger charge is -2.36. The van der Waals surface area contributed by atoms with Gasteiger partial charge in [-0.1, -0.05) is 61.9 Å². The van der Waals surface area contributed by atoms with E-state index in [9.17, 15) is 0 Å². The zero-order chi connectivity index (χ0) is 16.9. The maximum absolute atomic E-state index is 2.59. The van der Waals surface area contributed by atoms with Gasteiger partial charge >= 0.3 is 0 Å². The third-order valence-corrected chi connectivity index (χ3v) is 5.30. The summed E-state index contributed by atoms with van der Waals surface area (Å²) >= 11 is 0. The Morgan fingerprint density at radius 3 is 1.92 bits per heavy atom. The van der Waals surface area contributed by atoms with Crippen LogP contribution < -0.4 is 0 Å². The van der Waals surface area contributed by atoms with Crippen molar-refractivity contribution in [3.63, 3.8) is 0 Å². The lowest BCUT2D eigenvalue weighted by atomic mass is 9.99. The highest BCUT2D eigenvalue weighted by atomic mass is 15.3. The highest BCUT2D eigenvalue weighted by molar-refractivity contribution is 5.64. The molecule has 1 aliphatic heterocycles. The molecule has 3 rings (SSSR count). The molecule has 0 saturated carbocycles. The van der Waals surface area contributed by atoms with Gasteiger partial charge in [-0.25, -0.2) is 0 Å². The number of aryl methyl sites for hydroxylation is 1. The van der Waals surface area contributed by atoms with Crippen LogP contribution in [0.15, 0.2) is 48.5 Å². The first-order valence-corrected chi connectivity index (χ1v) is 9.29. The van der Waals surface area contributed by atoms with E-state index in [0.29, 0.717) is 6.04 Å². The van der Waals surface area contributed by atoms with E-state index < -0.39 is 0 Å². The van der Waals surface area contributed by atoms with Crippen molar-refractivity contribution in [1.82, 2.24) is 9.80 Å². The van der Waals surface area contributed by atoms with E-state index >= 15 is 0 Å². The molecule has 1 unspecified atom stereocenters. The van der Waals surface area contributed by atoms with Gasteiger partial charge in [0.2, 0.25) is 0 Å². The van der Waals surface area contributed by atoms with Crippen molar-refractivity contribution < 1.29 is 0 Å². The van der Waals surface area contributed by atoms with Crippen LogP contribution in [-0.2, 0) is 6.42 Å². The molecule has 2 heteroatoms. The van der Waals surface area contributed by atoms with E-state index in [2.05, 4.69) is 79.2 Å². The Hall–Kier alpha value is -1.64. The summed E-state index contributed by atoms with van der Waals surface area (Å²) in [5.74, 6) is 0. The molecule has 2 aromatic rings. The number of piperazine rings is 1. The number of nitrogens with zero attached hydrogens (tertiary/aromatic N) is 2. The Kier molecular flexibility index (Phi) is 5.70. The Labute approximate surface area is 147 Å². The van der Waals surface area contributed by atoms with Crippen LogP contribution in [-0.4, -0.2) is 43.0 Å². The summed E-state index contributed by atoms with van der Waals surface area (Å²) in [6.45, 7) is 9.24. The lowest BCUT2D eigenvalue weighted by molar-refractivity contribution is 0.119. The smallest absolute Gasteiger partial charge is 0.0320 e. The minimum atomic E-state index is 0.500. The monoisotopic (exact) mass is 322 g/mol. The minimum Gasteiger partial charge on any atom is -0.304 e. The Morgan fingerprint density at radius 1 is 0.833 bits per heavy atom. The molecule has 1 aliphatic rings. The molecule has 1 saturated heterocycles. The summed E-state index contributed by atoms with van der Waals surface area (Å²) in [5.41, 5.74) is 5.48. The van der Waals surface area contributed by atoms with Crippen molar-refractivity contribution in [2.45, 2.75) is 32.7 Å². The van der Waals surface area contributed by atoms with Crippen LogP contribution in [0.4, 0.5) is 0 Å². The van der Waals surface area contributed by atoms with Crippen molar-refractivity contribution >= 4 is 0 Å². The average molecular weight is 322 g/mol. The second kappa shape index (κ2) is 7.96. The van der Waals surface area contributed by atoms with E-state index in [-0.39, 0.29) is 0 Å². The molecule has 0 N–H and O–H groups in total. The highest BCUT2D eigenvalue weighted by Crippen LogP contribution is 2.26. The number of benzene rings is 2. The third-order valence-electron chi connectivity index (χ3n) is 5.30. The minimum absolute atomic E-state index is 0.500. The average Bonchev–Trinajstić information content (AvgIpc) is 2.63. The fourth-order valence-corrected chi connectivity index (χ4v) is 3.53. The van der Waals surface area contributed by atoms with Gasteiger partial charge in [-0.15, -0.1) is 0 Å². The fourth-order valence-electron chi connectivity index (χ4n) is 3.53.